The number of hydrogen-bond acceptors (Lipinski definition) is 2. The summed E-state index contributed by atoms with van der Waals surface area (Å²) in [5.74, 6) is 0. The molecule has 0 bridgehead atoms. The van der Waals surface area contributed by atoms with Crippen LogP contribution >= 0.6 is 0 Å². The number of ether oxygens (including phenoxy) is 1. The van der Waals surface area contributed by atoms with Gasteiger partial charge in [0, 0.05) is 0 Å². The predicted molar refractivity (Wildman–Crippen MR) is 102 cm³/mol. The van der Waals surface area contributed by atoms with E-state index in [4.69, 9.17) is 4.74 Å². The van der Waals surface area contributed by atoms with Gasteiger partial charge in [-0.15, -0.1) is 0 Å². The van der Waals surface area contributed by atoms with Crippen molar-refractivity contribution in [2.24, 2.45) is 5.41 Å². The van der Waals surface area contributed by atoms with E-state index < -0.39 is 18.4 Å². The Labute approximate surface area is 146 Å². The molecule has 1 N–H and O–H groups in total. The third-order valence-corrected chi connectivity index (χ3v) is 8.26. The molecule has 0 aromatic heterocycles. The van der Waals surface area contributed by atoms with Crippen LogP contribution in [0.3, 0.4) is 0 Å². The van der Waals surface area contributed by atoms with Crippen molar-refractivity contribution >= 4 is 18.4 Å². The van der Waals surface area contributed by atoms with Gasteiger partial charge in [-0.05, 0) is 0 Å². The first-order chi connectivity index (χ1) is 10.7. The van der Waals surface area contributed by atoms with Gasteiger partial charge in [0.25, 0.3) is 0 Å². The van der Waals surface area contributed by atoms with Gasteiger partial charge < -0.3 is 0 Å². The first kappa shape index (κ1) is 20.7. The second-order valence-electron chi connectivity index (χ2n) is 8.41. The summed E-state index contributed by atoms with van der Waals surface area (Å²) in [5.41, 5.74) is 2.68. The Morgan fingerprint density at radius 1 is 1.17 bits per heavy atom. The minimum atomic E-state index is -1.87. The van der Waals surface area contributed by atoms with Crippen LogP contribution in [0.2, 0.25) is 19.3 Å². The second-order valence-corrected chi connectivity index (χ2v) is 24.0. The number of allylic oxidation sites excluding steroid dienone is 1. The topological polar surface area (TPSA) is 29.5 Å². The van der Waals surface area contributed by atoms with Crippen molar-refractivity contribution in [2.45, 2.75) is 52.6 Å². The van der Waals surface area contributed by atoms with E-state index in [2.05, 4.69) is 46.9 Å². The Kier molecular flexibility index (Phi) is 8.87. The molecule has 0 spiro atoms. The Balaban J connectivity index is 2.37. The molecular weight excluding hydrogens is 391 g/mol. The predicted octanol–water partition coefficient (Wildman–Crippen LogP) is 5.27. The van der Waals surface area contributed by atoms with Crippen LogP contribution < -0.4 is 0 Å². The van der Waals surface area contributed by atoms with Gasteiger partial charge in [0.05, 0.1) is 0 Å². The fraction of sp³-hybridized carbons (Fsp3) is 0.600. The Morgan fingerprint density at radius 3 is 2.39 bits per heavy atom. The van der Waals surface area contributed by atoms with E-state index in [0.717, 1.165) is 23.9 Å². The van der Waals surface area contributed by atoms with E-state index in [1.807, 2.05) is 18.2 Å². The summed E-state index contributed by atoms with van der Waals surface area (Å²) in [6.07, 6.45) is 4.33. The van der Waals surface area contributed by atoms with Gasteiger partial charge in [-0.1, -0.05) is 6.07 Å². The maximum atomic E-state index is 9.57. The van der Waals surface area contributed by atoms with Crippen molar-refractivity contribution in [3.8, 4) is 0 Å². The summed E-state index contributed by atoms with van der Waals surface area (Å²) in [6, 6.07) is 10.3. The van der Waals surface area contributed by atoms with Crippen LogP contribution in [-0.4, -0.2) is 36.7 Å². The van der Waals surface area contributed by atoms with Gasteiger partial charge in [0.1, 0.15) is 0 Å². The molecule has 130 valence electrons. The van der Waals surface area contributed by atoms with Gasteiger partial charge >= 0.3 is 141 Å². The quantitative estimate of drug-likeness (QED) is 0.315. The Hall–Kier alpha value is -0.321. The van der Waals surface area contributed by atoms with Crippen LogP contribution in [0.5, 0.6) is 0 Å². The van der Waals surface area contributed by atoms with Gasteiger partial charge in [0.15, 0.2) is 0 Å². The first-order valence-electron chi connectivity index (χ1n) is 8.62. The van der Waals surface area contributed by atoms with E-state index in [-0.39, 0.29) is 12.0 Å². The van der Waals surface area contributed by atoms with Crippen molar-refractivity contribution in [1.29, 1.82) is 0 Å². The zero-order chi connectivity index (χ0) is 17.3. The van der Waals surface area contributed by atoms with Gasteiger partial charge in [-0.25, -0.2) is 0 Å². The molecule has 0 fully saturated rings. The normalized spacial score (nSPS) is 13.4. The molecule has 23 heavy (non-hydrogen) atoms. The van der Waals surface area contributed by atoms with Crippen molar-refractivity contribution in [1.82, 2.24) is 0 Å². The molecule has 0 heterocycles. The summed E-state index contributed by atoms with van der Waals surface area (Å²) >= 11 is -1.87. The zero-order valence-corrected chi connectivity index (χ0v) is 18.4. The summed E-state index contributed by atoms with van der Waals surface area (Å²) in [4.78, 5) is 7.25. The second kappa shape index (κ2) is 9.85. The van der Waals surface area contributed by atoms with Crippen LogP contribution in [0.4, 0.5) is 0 Å². The molecule has 2 nitrogen and oxygen atoms in total. The summed E-state index contributed by atoms with van der Waals surface area (Å²) in [6.45, 7) is 6.25. The summed E-state index contributed by atoms with van der Waals surface area (Å²) in [5, 5.41) is 9.57. The molecular formula is C20H34O2Sn. The third kappa shape index (κ3) is 10.2. The van der Waals surface area contributed by atoms with Crippen molar-refractivity contribution in [3.63, 3.8) is 0 Å². The number of rotatable bonds is 10. The molecule has 0 radical (unpaired) electrons. The van der Waals surface area contributed by atoms with E-state index in [1.165, 1.54) is 11.1 Å². The van der Waals surface area contributed by atoms with Gasteiger partial charge in [-0.3, -0.25) is 0 Å². The minimum absolute atomic E-state index is 0.213. The summed E-state index contributed by atoms with van der Waals surface area (Å²) < 4.78 is 6.97. The molecule has 1 rings (SSSR count). The molecule has 0 aliphatic rings. The molecule has 0 atom stereocenters. The van der Waals surface area contributed by atoms with Crippen LogP contribution in [-0.2, 0) is 11.3 Å². The van der Waals surface area contributed by atoms with E-state index >= 15 is 0 Å². The molecule has 3 heteroatoms. The van der Waals surface area contributed by atoms with Crippen LogP contribution in [0.25, 0.3) is 0 Å². The van der Waals surface area contributed by atoms with Crippen LogP contribution in [0.1, 0.15) is 32.3 Å². The molecule has 0 amide bonds. The van der Waals surface area contributed by atoms with Gasteiger partial charge in [0.2, 0.25) is 0 Å². The SMILES string of the molecule is CC(C)(C/C=C(/CO)[CH2][Sn]([CH3])([CH3])[CH3])CCOCc1ccccc1. The molecule has 0 aliphatic carbocycles. The third-order valence-electron chi connectivity index (χ3n) is 3.94. The number of benzene rings is 1. The number of aliphatic hydroxyl groups excluding tert-OH is 1. The Morgan fingerprint density at radius 2 is 1.83 bits per heavy atom. The zero-order valence-electron chi connectivity index (χ0n) is 15.6. The van der Waals surface area contributed by atoms with Crippen LogP contribution in [0, 0.1) is 5.41 Å². The van der Waals surface area contributed by atoms with Gasteiger partial charge in [-0.2, -0.15) is 0 Å². The molecule has 1 aromatic carbocycles. The molecule has 0 saturated carbocycles. The maximum absolute atomic E-state index is 9.57. The standard InChI is InChI=1S/C17H25O2.3CH3.Sn/c1-15(13-18)9-10-17(2,3)11-12-19-14-16-7-5-4-6-8-16;;;;/h4-9,18H,1,10-14H2,2-3H3;3*1H3;/b15-9+;;;;. The summed E-state index contributed by atoms with van der Waals surface area (Å²) in [7, 11) is 0. The fourth-order valence-electron chi connectivity index (χ4n) is 2.51. The average molecular weight is 425 g/mol. The van der Waals surface area contributed by atoms with E-state index in [9.17, 15) is 5.11 Å². The molecule has 0 aliphatic heterocycles. The molecule has 0 saturated heterocycles. The first-order valence-corrected chi connectivity index (χ1v) is 19.2. The average Bonchev–Trinajstić information content (AvgIpc) is 2.48. The molecule has 0 unspecified atom stereocenters. The molecule has 1 aromatic rings. The number of aliphatic hydroxyl groups is 1. The monoisotopic (exact) mass is 426 g/mol. The van der Waals surface area contributed by atoms with E-state index in [0.29, 0.717) is 6.61 Å². The van der Waals surface area contributed by atoms with Crippen molar-refractivity contribution in [3.05, 3.63) is 47.5 Å². The van der Waals surface area contributed by atoms with E-state index in [1.54, 1.807) is 0 Å². The number of hydrogen-bond donors (Lipinski definition) is 1. The fourth-order valence-corrected chi connectivity index (χ4v) is 7.13. The van der Waals surface area contributed by atoms with Crippen molar-refractivity contribution in [2.75, 3.05) is 13.2 Å². The van der Waals surface area contributed by atoms with Crippen molar-refractivity contribution < 1.29 is 9.84 Å². The Bertz CT molecular complexity index is 472. The van der Waals surface area contributed by atoms with Crippen LogP contribution in [0.15, 0.2) is 42.0 Å².